The number of aryl methyl sites for hydroxylation is 1. The highest BCUT2D eigenvalue weighted by Gasteiger charge is 2.26. The standard InChI is InChI=1S/C13H11FN2O4/c1-7-6-10(20-16-7)12(17)15-11(13(18)19)8-4-2-3-5-9(8)14/h2-6,11H,1H3,(H,15,17)(H,18,19). The molecule has 104 valence electrons. The number of carbonyl (C=O) groups is 2. The lowest BCUT2D eigenvalue weighted by molar-refractivity contribution is -0.139. The van der Waals surface area contributed by atoms with Crippen molar-refractivity contribution in [3.05, 3.63) is 53.2 Å². The summed E-state index contributed by atoms with van der Waals surface area (Å²) in [6, 6.07) is 5.18. The molecule has 20 heavy (non-hydrogen) atoms. The fraction of sp³-hybridized carbons (Fsp3) is 0.154. The van der Waals surface area contributed by atoms with Crippen LogP contribution in [0.2, 0.25) is 0 Å². The van der Waals surface area contributed by atoms with Crippen LogP contribution < -0.4 is 5.32 Å². The van der Waals surface area contributed by atoms with Gasteiger partial charge in [0.1, 0.15) is 5.82 Å². The van der Waals surface area contributed by atoms with Crippen LogP contribution >= 0.6 is 0 Å². The highest BCUT2D eigenvalue weighted by Crippen LogP contribution is 2.18. The predicted octanol–water partition coefficient (Wildman–Crippen LogP) is 1.68. The lowest BCUT2D eigenvalue weighted by Crippen LogP contribution is -2.34. The van der Waals surface area contributed by atoms with E-state index < -0.39 is 23.7 Å². The van der Waals surface area contributed by atoms with Crippen LogP contribution in [0.25, 0.3) is 0 Å². The molecule has 0 bridgehead atoms. The molecule has 1 aromatic heterocycles. The minimum absolute atomic E-state index is 0.134. The third kappa shape index (κ3) is 2.82. The minimum Gasteiger partial charge on any atom is -0.479 e. The number of amides is 1. The zero-order chi connectivity index (χ0) is 14.7. The van der Waals surface area contributed by atoms with Gasteiger partial charge >= 0.3 is 5.97 Å². The van der Waals surface area contributed by atoms with Gasteiger partial charge in [0.25, 0.3) is 5.91 Å². The van der Waals surface area contributed by atoms with E-state index in [0.29, 0.717) is 5.69 Å². The highest BCUT2D eigenvalue weighted by atomic mass is 19.1. The maximum Gasteiger partial charge on any atom is 0.331 e. The van der Waals surface area contributed by atoms with Crippen LogP contribution in [0.5, 0.6) is 0 Å². The number of nitrogens with one attached hydrogen (secondary N) is 1. The van der Waals surface area contributed by atoms with Crippen LogP contribution in [-0.2, 0) is 4.79 Å². The minimum atomic E-state index is -1.51. The molecule has 1 amide bonds. The second kappa shape index (κ2) is 5.52. The van der Waals surface area contributed by atoms with Gasteiger partial charge in [-0.15, -0.1) is 0 Å². The second-order valence-corrected chi connectivity index (χ2v) is 4.10. The molecule has 0 fully saturated rings. The molecule has 7 heteroatoms. The van der Waals surface area contributed by atoms with Gasteiger partial charge in [0.2, 0.25) is 5.76 Å². The molecule has 0 aliphatic carbocycles. The van der Waals surface area contributed by atoms with Gasteiger partial charge in [0.15, 0.2) is 6.04 Å². The molecular weight excluding hydrogens is 267 g/mol. The number of aromatic nitrogens is 1. The first-order valence-electron chi connectivity index (χ1n) is 5.70. The zero-order valence-electron chi connectivity index (χ0n) is 10.5. The quantitative estimate of drug-likeness (QED) is 0.887. The fourth-order valence-electron chi connectivity index (χ4n) is 1.65. The third-order valence-electron chi connectivity index (χ3n) is 2.59. The molecule has 2 rings (SSSR count). The Balaban J connectivity index is 2.25. The molecule has 2 N–H and O–H groups in total. The Morgan fingerprint density at radius 3 is 2.65 bits per heavy atom. The van der Waals surface area contributed by atoms with Gasteiger partial charge in [-0.25, -0.2) is 9.18 Å². The summed E-state index contributed by atoms with van der Waals surface area (Å²) in [6.45, 7) is 1.62. The molecule has 0 aliphatic heterocycles. The van der Waals surface area contributed by atoms with E-state index in [9.17, 15) is 14.0 Å². The molecule has 1 unspecified atom stereocenters. The topological polar surface area (TPSA) is 92.4 Å². The molecule has 0 aliphatic rings. The van der Waals surface area contributed by atoms with Crippen molar-refractivity contribution in [3.63, 3.8) is 0 Å². The van der Waals surface area contributed by atoms with Gasteiger partial charge in [-0.2, -0.15) is 0 Å². The third-order valence-corrected chi connectivity index (χ3v) is 2.59. The van der Waals surface area contributed by atoms with Gasteiger partial charge in [0, 0.05) is 11.6 Å². The Kier molecular flexibility index (Phi) is 3.79. The molecule has 1 heterocycles. The molecule has 2 aromatic rings. The van der Waals surface area contributed by atoms with Gasteiger partial charge in [-0.1, -0.05) is 23.4 Å². The maximum atomic E-state index is 13.6. The van der Waals surface area contributed by atoms with Crippen molar-refractivity contribution in [2.45, 2.75) is 13.0 Å². The summed E-state index contributed by atoms with van der Waals surface area (Å²) >= 11 is 0. The number of rotatable bonds is 4. The lowest BCUT2D eigenvalue weighted by atomic mass is 10.1. The second-order valence-electron chi connectivity index (χ2n) is 4.10. The summed E-state index contributed by atoms with van der Waals surface area (Å²) in [5.74, 6) is -3.00. The zero-order valence-corrected chi connectivity index (χ0v) is 10.5. The summed E-state index contributed by atoms with van der Waals surface area (Å²) in [5, 5.41) is 14.8. The normalized spacial score (nSPS) is 11.9. The lowest BCUT2D eigenvalue weighted by Gasteiger charge is -2.14. The molecule has 6 nitrogen and oxygen atoms in total. The van der Waals surface area contributed by atoms with E-state index in [1.807, 2.05) is 0 Å². The SMILES string of the molecule is Cc1cc(C(=O)NC(C(=O)O)c2ccccc2F)on1. The van der Waals surface area contributed by atoms with Crippen LogP contribution in [0.15, 0.2) is 34.9 Å². The number of benzene rings is 1. The average molecular weight is 278 g/mol. The Hall–Kier alpha value is -2.70. The first-order valence-corrected chi connectivity index (χ1v) is 5.70. The van der Waals surface area contributed by atoms with E-state index in [4.69, 9.17) is 9.63 Å². The van der Waals surface area contributed by atoms with Crippen molar-refractivity contribution < 1.29 is 23.6 Å². The van der Waals surface area contributed by atoms with Gasteiger partial charge in [-0.05, 0) is 13.0 Å². The molecule has 1 aromatic carbocycles. The summed E-state index contributed by atoms with van der Waals surface area (Å²) in [7, 11) is 0. The fourth-order valence-corrected chi connectivity index (χ4v) is 1.65. The van der Waals surface area contributed by atoms with E-state index >= 15 is 0 Å². The van der Waals surface area contributed by atoms with Crippen LogP contribution in [0, 0.1) is 12.7 Å². The summed E-state index contributed by atoms with van der Waals surface area (Å²) in [6.07, 6.45) is 0. The van der Waals surface area contributed by atoms with Crippen LogP contribution in [0.4, 0.5) is 4.39 Å². The van der Waals surface area contributed by atoms with Crippen molar-refractivity contribution in [1.82, 2.24) is 10.5 Å². The van der Waals surface area contributed by atoms with Crippen molar-refractivity contribution in [3.8, 4) is 0 Å². The number of halogens is 1. The van der Waals surface area contributed by atoms with Crippen LogP contribution in [0.1, 0.15) is 27.9 Å². The van der Waals surface area contributed by atoms with Crippen molar-refractivity contribution >= 4 is 11.9 Å². The van der Waals surface area contributed by atoms with Crippen LogP contribution in [0.3, 0.4) is 0 Å². The Bertz CT molecular complexity index is 653. The largest absolute Gasteiger partial charge is 0.479 e. The first kappa shape index (κ1) is 13.7. The summed E-state index contributed by atoms with van der Waals surface area (Å²) in [4.78, 5) is 23.0. The molecule has 1 atom stereocenters. The molecular formula is C13H11FN2O4. The Morgan fingerprint density at radius 2 is 2.10 bits per heavy atom. The molecule has 0 spiro atoms. The first-order chi connectivity index (χ1) is 9.49. The van der Waals surface area contributed by atoms with E-state index in [1.165, 1.54) is 24.3 Å². The van der Waals surface area contributed by atoms with Gasteiger partial charge in [-0.3, -0.25) is 4.79 Å². The number of aliphatic carboxylic acids is 1. The number of carbonyl (C=O) groups excluding carboxylic acids is 1. The van der Waals surface area contributed by atoms with Crippen molar-refractivity contribution in [2.24, 2.45) is 0 Å². The number of hydrogen-bond acceptors (Lipinski definition) is 4. The monoisotopic (exact) mass is 278 g/mol. The maximum absolute atomic E-state index is 13.6. The van der Waals surface area contributed by atoms with E-state index in [1.54, 1.807) is 6.92 Å². The molecule has 0 saturated carbocycles. The highest BCUT2D eigenvalue weighted by molar-refractivity contribution is 5.94. The summed E-state index contributed by atoms with van der Waals surface area (Å²) < 4.78 is 18.3. The number of nitrogens with zero attached hydrogens (tertiary/aromatic N) is 1. The average Bonchev–Trinajstić information content (AvgIpc) is 2.83. The van der Waals surface area contributed by atoms with Gasteiger partial charge in [0.05, 0.1) is 5.69 Å². The van der Waals surface area contributed by atoms with E-state index in [2.05, 4.69) is 10.5 Å². The number of hydrogen-bond donors (Lipinski definition) is 2. The van der Waals surface area contributed by atoms with E-state index in [-0.39, 0.29) is 11.3 Å². The smallest absolute Gasteiger partial charge is 0.331 e. The number of carboxylic acids is 1. The van der Waals surface area contributed by atoms with Crippen molar-refractivity contribution in [2.75, 3.05) is 0 Å². The van der Waals surface area contributed by atoms with E-state index in [0.717, 1.165) is 6.07 Å². The van der Waals surface area contributed by atoms with Gasteiger partial charge < -0.3 is 14.9 Å². The van der Waals surface area contributed by atoms with Crippen LogP contribution in [-0.4, -0.2) is 22.1 Å². The summed E-state index contributed by atoms with van der Waals surface area (Å²) in [5.41, 5.74) is 0.345. The number of carboxylic acid groups (broad SMARTS) is 1. The van der Waals surface area contributed by atoms with Crippen molar-refractivity contribution in [1.29, 1.82) is 0 Å². The predicted molar refractivity (Wildman–Crippen MR) is 65.5 cm³/mol. The Labute approximate surface area is 113 Å². The molecule has 0 saturated heterocycles. The molecule has 0 radical (unpaired) electrons. The Morgan fingerprint density at radius 1 is 1.40 bits per heavy atom.